The SMILES string of the molecule is CCCCCCCCCCCCCCCCC(CCCCCCCCCCCCCC)c1[nH]cc[n+]1C(C)CCCCCCCCC. The molecule has 278 valence electrons. The third kappa shape index (κ3) is 26.7. The number of hydrogen-bond acceptors (Lipinski definition) is 0. The summed E-state index contributed by atoms with van der Waals surface area (Å²) < 4.78 is 2.64. The van der Waals surface area contributed by atoms with Gasteiger partial charge in [-0.15, -0.1) is 0 Å². The van der Waals surface area contributed by atoms with Gasteiger partial charge in [0.05, 0.1) is 12.0 Å². The van der Waals surface area contributed by atoms with Gasteiger partial charge in [-0.05, 0) is 32.6 Å². The molecule has 0 radical (unpaired) electrons. The Labute approximate surface area is 297 Å². The van der Waals surface area contributed by atoms with Crippen LogP contribution in [0.2, 0.25) is 0 Å². The molecule has 0 spiro atoms. The number of aromatic nitrogens is 2. The molecule has 1 heterocycles. The van der Waals surface area contributed by atoms with E-state index in [0.717, 1.165) is 0 Å². The molecule has 1 aromatic heterocycles. The van der Waals surface area contributed by atoms with Crippen molar-refractivity contribution in [2.75, 3.05) is 0 Å². The van der Waals surface area contributed by atoms with Crippen molar-refractivity contribution >= 4 is 0 Å². The van der Waals surface area contributed by atoms with E-state index in [9.17, 15) is 0 Å². The second kappa shape index (κ2) is 35.1. The van der Waals surface area contributed by atoms with Gasteiger partial charge < -0.3 is 0 Å². The van der Waals surface area contributed by atoms with Gasteiger partial charge in [0.25, 0.3) is 5.82 Å². The summed E-state index contributed by atoms with van der Waals surface area (Å²) in [6.45, 7) is 9.42. The Morgan fingerprint density at radius 2 is 0.681 bits per heavy atom. The number of nitrogens with one attached hydrogen (secondary N) is 1. The first-order valence-electron chi connectivity index (χ1n) is 22.3. The van der Waals surface area contributed by atoms with Crippen LogP contribution in [-0.4, -0.2) is 4.98 Å². The molecule has 0 saturated heterocycles. The second-order valence-corrected chi connectivity index (χ2v) is 15.8. The highest BCUT2D eigenvalue weighted by atomic mass is 15.1. The Morgan fingerprint density at radius 3 is 1.00 bits per heavy atom. The first-order chi connectivity index (χ1) is 23.2. The second-order valence-electron chi connectivity index (χ2n) is 15.8. The number of aromatic amines is 1. The lowest BCUT2D eigenvalue weighted by Gasteiger charge is -2.17. The van der Waals surface area contributed by atoms with E-state index in [1.54, 1.807) is 5.82 Å². The summed E-state index contributed by atoms with van der Waals surface area (Å²) >= 11 is 0. The van der Waals surface area contributed by atoms with Crippen molar-refractivity contribution in [3.63, 3.8) is 0 Å². The fourth-order valence-electron chi connectivity index (χ4n) is 7.84. The van der Waals surface area contributed by atoms with Crippen LogP contribution in [0.1, 0.15) is 277 Å². The molecule has 0 aromatic carbocycles. The quantitative estimate of drug-likeness (QED) is 0.0539. The summed E-state index contributed by atoms with van der Waals surface area (Å²) in [5.74, 6) is 2.25. The number of imidazole rings is 1. The molecule has 47 heavy (non-hydrogen) atoms. The van der Waals surface area contributed by atoms with Gasteiger partial charge in [0.15, 0.2) is 0 Å². The van der Waals surface area contributed by atoms with E-state index in [0.29, 0.717) is 12.0 Å². The summed E-state index contributed by atoms with van der Waals surface area (Å²) in [6, 6.07) is 0.618. The summed E-state index contributed by atoms with van der Waals surface area (Å²) in [5.41, 5.74) is 0. The molecule has 0 saturated carbocycles. The molecular formula is C45H89N2+. The minimum Gasteiger partial charge on any atom is -0.247 e. The van der Waals surface area contributed by atoms with Crippen LogP contribution in [0.5, 0.6) is 0 Å². The topological polar surface area (TPSA) is 19.7 Å². The summed E-state index contributed by atoms with van der Waals surface area (Å²) in [6.07, 6.45) is 56.1. The number of hydrogen-bond donors (Lipinski definition) is 1. The maximum Gasteiger partial charge on any atom is 0.257 e. The average molecular weight is 658 g/mol. The van der Waals surface area contributed by atoms with E-state index in [1.165, 1.54) is 231 Å². The zero-order valence-corrected chi connectivity index (χ0v) is 33.2. The van der Waals surface area contributed by atoms with Crippen LogP contribution in [0.3, 0.4) is 0 Å². The van der Waals surface area contributed by atoms with Crippen molar-refractivity contribution in [3.8, 4) is 0 Å². The molecule has 2 heteroatoms. The molecule has 2 unspecified atom stereocenters. The molecule has 2 atom stereocenters. The number of unbranched alkanes of at least 4 members (excludes halogenated alkanes) is 30. The first-order valence-corrected chi connectivity index (χ1v) is 22.3. The zero-order valence-electron chi connectivity index (χ0n) is 33.2. The standard InChI is InChI=1S/C45H88N2/c1-5-8-11-14-17-19-21-23-24-26-28-31-34-37-40-44(39-36-33-30-27-25-22-20-18-15-12-9-6-2)45-46-41-42-47(45)43(4)38-35-32-29-16-13-10-7-3/h41-44H,5-40H2,1-4H3/p+1. The number of rotatable bonds is 38. The van der Waals surface area contributed by atoms with Gasteiger partial charge in [0.1, 0.15) is 12.4 Å². The summed E-state index contributed by atoms with van der Waals surface area (Å²) in [4.78, 5) is 3.77. The first kappa shape index (κ1) is 44.2. The monoisotopic (exact) mass is 658 g/mol. The van der Waals surface area contributed by atoms with Crippen LogP contribution in [0.4, 0.5) is 0 Å². The van der Waals surface area contributed by atoms with Crippen LogP contribution in [0.15, 0.2) is 12.4 Å². The average Bonchev–Trinajstić information content (AvgIpc) is 3.57. The maximum atomic E-state index is 3.77. The van der Waals surface area contributed by atoms with Crippen molar-refractivity contribution in [3.05, 3.63) is 18.2 Å². The molecule has 1 rings (SSSR count). The normalized spacial score (nSPS) is 13.0. The Bertz CT molecular complexity index is 723. The molecule has 1 aromatic rings. The Morgan fingerprint density at radius 1 is 0.404 bits per heavy atom. The van der Waals surface area contributed by atoms with Gasteiger partial charge in [0, 0.05) is 0 Å². The van der Waals surface area contributed by atoms with E-state index in [-0.39, 0.29) is 0 Å². The lowest BCUT2D eigenvalue weighted by Crippen LogP contribution is -2.41. The molecular weight excluding hydrogens is 569 g/mol. The lowest BCUT2D eigenvalue weighted by molar-refractivity contribution is -0.727. The number of H-pyrrole nitrogens is 1. The fourth-order valence-corrected chi connectivity index (χ4v) is 7.84. The molecule has 0 fully saturated rings. The van der Waals surface area contributed by atoms with E-state index in [2.05, 4.69) is 49.6 Å². The van der Waals surface area contributed by atoms with Gasteiger partial charge >= 0.3 is 0 Å². The van der Waals surface area contributed by atoms with E-state index < -0.39 is 0 Å². The van der Waals surface area contributed by atoms with Crippen LogP contribution >= 0.6 is 0 Å². The van der Waals surface area contributed by atoms with Crippen molar-refractivity contribution in [2.24, 2.45) is 0 Å². The third-order valence-corrected chi connectivity index (χ3v) is 11.1. The van der Waals surface area contributed by atoms with Gasteiger partial charge in [-0.3, -0.25) is 0 Å². The van der Waals surface area contributed by atoms with Gasteiger partial charge in [-0.2, -0.15) is 0 Å². The molecule has 2 nitrogen and oxygen atoms in total. The highest BCUT2D eigenvalue weighted by Gasteiger charge is 2.25. The predicted molar refractivity (Wildman–Crippen MR) is 212 cm³/mol. The molecule has 0 aliphatic rings. The minimum absolute atomic E-state index is 0.618. The Balaban J connectivity index is 2.38. The lowest BCUT2D eigenvalue weighted by atomic mass is 9.92. The summed E-state index contributed by atoms with van der Waals surface area (Å²) in [7, 11) is 0. The molecule has 0 bridgehead atoms. The smallest absolute Gasteiger partial charge is 0.247 e. The van der Waals surface area contributed by atoms with E-state index >= 15 is 0 Å². The Hall–Kier alpha value is -0.790. The van der Waals surface area contributed by atoms with Crippen molar-refractivity contribution in [2.45, 2.75) is 271 Å². The maximum absolute atomic E-state index is 3.77. The van der Waals surface area contributed by atoms with Crippen molar-refractivity contribution < 1.29 is 4.57 Å². The van der Waals surface area contributed by atoms with Crippen molar-refractivity contribution in [1.29, 1.82) is 0 Å². The van der Waals surface area contributed by atoms with Crippen molar-refractivity contribution in [1.82, 2.24) is 4.98 Å². The number of nitrogens with zero attached hydrogens (tertiary/aromatic N) is 1. The molecule has 1 N–H and O–H groups in total. The van der Waals surface area contributed by atoms with Gasteiger partial charge in [-0.25, -0.2) is 9.55 Å². The Kier molecular flexibility index (Phi) is 33.0. The van der Waals surface area contributed by atoms with Crippen LogP contribution in [0, 0.1) is 0 Å². The molecule has 0 aliphatic heterocycles. The highest BCUT2D eigenvalue weighted by molar-refractivity contribution is 4.90. The predicted octanol–water partition coefficient (Wildman–Crippen LogP) is 16.1. The minimum atomic E-state index is 0.618. The van der Waals surface area contributed by atoms with E-state index in [4.69, 9.17) is 0 Å². The highest BCUT2D eigenvalue weighted by Crippen LogP contribution is 2.27. The molecule has 0 amide bonds. The summed E-state index contributed by atoms with van der Waals surface area (Å²) in [5, 5.41) is 0. The zero-order chi connectivity index (χ0) is 33.9. The van der Waals surface area contributed by atoms with E-state index in [1.807, 2.05) is 0 Å². The van der Waals surface area contributed by atoms with Crippen LogP contribution in [0.25, 0.3) is 0 Å². The largest absolute Gasteiger partial charge is 0.257 e. The molecule has 0 aliphatic carbocycles. The third-order valence-electron chi connectivity index (χ3n) is 11.1. The fraction of sp³-hybridized carbons (Fsp3) is 0.933. The van der Waals surface area contributed by atoms with Gasteiger partial charge in [-0.1, -0.05) is 226 Å². The van der Waals surface area contributed by atoms with Crippen LogP contribution < -0.4 is 4.57 Å². The van der Waals surface area contributed by atoms with Gasteiger partial charge in [0.2, 0.25) is 0 Å². The van der Waals surface area contributed by atoms with Crippen LogP contribution in [-0.2, 0) is 0 Å².